The molecule has 5 heteroatoms. The maximum Gasteiger partial charge on any atom is 0.294 e. The first kappa shape index (κ1) is 12.4. The number of hydrogen-bond acceptors (Lipinski definition) is 5. The third-order valence-electron chi connectivity index (χ3n) is 5.54. The maximum atomic E-state index is 9.00. The fraction of sp³-hybridized carbons (Fsp3) is 0.846. The smallest absolute Gasteiger partial charge is 0.294 e. The van der Waals surface area contributed by atoms with E-state index in [2.05, 4.69) is 31.0 Å². The zero-order valence-electron chi connectivity index (χ0n) is 11.1. The normalized spacial score (nSPS) is 37.1. The van der Waals surface area contributed by atoms with E-state index in [1.54, 1.807) is 0 Å². The molecule has 1 N–H and O–H groups in total. The molecule has 1 aromatic rings. The van der Waals surface area contributed by atoms with Crippen LogP contribution in [-0.4, -0.2) is 21.4 Å². The molecule has 100 valence electrons. The molecule has 1 aromatic heterocycles. The van der Waals surface area contributed by atoms with Crippen LogP contribution in [-0.2, 0) is 6.61 Å². The average molecular weight is 268 g/mol. The van der Waals surface area contributed by atoms with Crippen molar-refractivity contribution in [2.75, 3.05) is 0 Å². The van der Waals surface area contributed by atoms with Crippen molar-refractivity contribution in [3.05, 3.63) is 5.01 Å². The number of hydrogen-bond donors (Lipinski definition) is 1. The predicted molar refractivity (Wildman–Crippen MR) is 69.5 cm³/mol. The minimum absolute atomic E-state index is 0.0585. The van der Waals surface area contributed by atoms with E-state index in [9.17, 15) is 0 Å². The standard InChI is InChI=1S/C13H20N2O2S/c1-12(2)8-4-5-13(12,3)9(6-8)17-11-15-14-10(7-16)18-11/h8-9,16H,4-7H2,1-3H3. The Bertz CT molecular complexity index is 460. The lowest BCUT2D eigenvalue weighted by atomic mass is 9.70. The largest absolute Gasteiger partial charge is 0.465 e. The molecule has 2 bridgehead atoms. The highest BCUT2D eigenvalue weighted by Gasteiger charge is 2.62. The fourth-order valence-corrected chi connectivity index (χ4v) is 4.37. The van der Waals surface area contributed by atoms with Gasteiger partial charge >= 0.3 is 0 Å². The van der Waals surface area contributed by atoms with Gasteiger partial charge in [-0.2, -0.15) is 0 Å². The molecule has 2 saturated carbocycles. The van der Waals surface area contributed by atoms with E-state index in [4.69, 9.17) is 9.84 Å². The highest BCUT2D eigenvalue weighted by molar-refractivity contribution is 7.13. The number of fused-ring (bicyclic) bond motifs is 2. The van der Waals surface area contributed by atoms with E-state index in [0.717, 1.165) is 12.3 Å². The third kappa shape index (κ3) is 1.53. The third-order valence-corrected chi connectivity index (χ3v) is 6.34. The summed E-state index contributed by atoms with van der Waals surface area (Å²) in [7, 11) is 0. The number of aliphatic hydroxyl groups excluding tert-OH is 1. The van der Waals surface area contributed by atoms with Gasteiger partial charge in [0.2, 0.25) is 0 Å². The van der Waals surface area contributed by atoms with Crippen LogP contribution in [0.4, 0.5) is 0 Å². The summed E-state index contributed by atoms with van der Waals surface area (Å²) < 4.78 is 6.06. The number of rotatable bonds is 3. The Morgan fingerprint density at radius 2 is 2.17 bits per heavy atom. The Kier molecular flexibility index (Phi) is 2.68. The van der Waals surface area contributed by atoms with Gasteiger partial charge in [0.15, 0.2) is 0 Å². The van der Waals surface area contributed by atoms with Crippen LogP contribution in [0.5, 0.6) is 5.19 Å². The second-order valence-corrected chi connectivity index (χ2v) is 7.36. The zero-order valence-corrected chi connectivity index (χ0v) is 12.0. The van der Waals surface area contributed by atoms with Crippen LogP contribution in [0.3, 0.4) is 0 Å². The molecule has 0 aromatic carbocycles. The summed E-state index contributed by atoms with van der Waals surface area (Å²) in [5.41, 5.74) is 0.588. The van der Waals surface area contributed by atoms with Gasteiger partial charge in [0.05, 0.1) is 6.61 Å². The van der Waals surface area contributed by atoms with Gasteiger partial charge < -0.3 is 9.84 Å². The first-order valence-electron chi connectivity index (χ1n) is 6.57. The molecule has 0 amide bonds. The van der Waals surface area contributed by atoms with Crippen molar-refractivity contribution < 1.29 is 9.84 Å². The molecular weight excluding hydrogens is 248 g/mol. The quantitative estimate of drug-likeness (QED) is 0.915. The van der Waals surface area contributed by atoms with Crippen LogP contribution < -0.4 is 4.74 Å². The number of ether oxygens (including phenoxy) is 1. The Balaban J connectivity index is 1.79. The van der Waals surface area contributed by atoms with E-state index in [0.29, 0.717) is 15.6 Å². The van der Waals surface area contributed by atoms with Crippen molar-refractivity contribution >= 4 is 11.3 Å². The van der Waals surface area contributed by atoms with Gasteiger partial charge in [-0.1, -0.05) is 37.2 Å². The van der Waals surface area contributed by atoms with Crippen molar-refractivity contribution in [2.24, 2.45) is 16.7 Å². The van der Waals surface area contributed by atoms with E-state index < -0.39 is 0 Å². The zero-order chi connectivity index (χ0) is 13.0. The van der Waals surface area contributed by atoms with Gasteiger partial charge in [-0.25, -0.2) is 0 Å². The van der Waals surface area contributed by atoms with Crippen LogP contribution in [0.1, 0.15) is 45.0 Å². The second-order valence-electron chi connectivity index (χ2n) is 6.34. The molecule has 3 rings (SSSR count). The summed E-state index contributed by atoms with van der Waals surface area (Å²) in [4.78, 5) is 0. The minimum atomic E-state index is -0.0585. The summed E-state index contributed by atoms with van der Waals surface area (Å²) in [6.45, 7) is 7.02. The molecule has 2 fully saturated rings. The van der Waals surface area contributed by atoms with E-state index in [1.807, 2.05) is 0 Å². The Morgan fingerprint density at radius 1 is 1.39 bits per heavy atom. The van der Waals surface area contributed by atoms with Crippen molar-refractivity contribution in [3.63, 3.8) is 0 Å². The van der Waals surface area contributed by atoms with Crippen molar-refractivity contribution in [3.8, 4) is 5.19 Å². The van der Waals surface area contributed by atoms with Gasteiger partial charge in [-0.3, -0.25) is 0 Å². The number of aromatic nitrogens is 2. The molecule has 0 saturated heterocycles. The lowest BCUT2D eigenvalue weighted by molar-refractivity contribution is 0.0296. The maximum absolute atomic E-state index is 9.00. The van der Waals surface area contributed by atoms with E-state index >= 15 is 0 Å². The van der Waals surface area contributed by atoms with E-state index in [-0.39, 0.29) is 18.1 Å². The summed E-state index contributed by atoms with van der Waals surface area (Å²) in [6, 6.07) is 0. The molecule has 3 unspecified atom stereocenters. The Morgan fingerprint density at radius 3 is 2.67 bits per heavy atom. The Labute approximate surface area is 111 Å². The van der Waals surface area contributed by atoms with Crippen LogP contribution in [0.2, 0.25) is 0 Å². The second kappa shape index (κ2) is 3.90. The molecule has 0 spiro atoms. The van der Waals surface area contributed by atoms with Gasteiger partial charge in [0.1, 0.15) is 11.1 Å². The highest BCUT2D eigenvalue weighted by Crippen LogP contribution is 2.66. The number of nitrogens with zero attached hydrogens (tertiary/aromatic N) is 2. The Hall–Kier alpha value is -0.680. The topological polar surface area (TPSA) is 55.2 Å². The molecule has 2 aliphatic carbocycles. The SMILES string of the molecule is CC1(C)C2CCC1(C)C(Oc1nnc(CO)s1)C2. The highest BCUT2D eigenvalue weighted by atomic mass is 32.1. The number of aliphatic hydroxyl groups is 1. The molecule has 2 aliphatic rings. The molecule has 18 heavy (non-hydrogen) atoms. The molecule has 0 aliphatic heterocycles. The van der Waals surface area contributed by atoms with Gasteiger partial charge in [0, 0.05) is 5.41 Å². The average Bonchev–Trinajstić information content (AvgIpc) is 2.92. The summed E-state index contributed by atoms with van der Waals surface area (Å²) in [5, 5.41) is 18.1. The molecule has 1 heterocycles. The summed E-state index contributed by atoms with van der Waals surface area (Å²) >= 11 is 1.35. The van der Waals surface area contributed by atoms with Crippen molar-refractivity contribution in [2.45, 2.75) is 52.7 Å². The van der Waals surface area contributed by atoms with Crippen LogP contribution in [0.15, 0.2) is 0 Å². The molecule has 0 radical (unpaired) electrons. The first-order valence-corrected chi connectivity index (χ1v) is 7.39. The van der Waals surface area contributed by atoms with Gasteiger partial charge in [0.25, 0.3) is 5.19 Å². The van der Waals surface area contributed by atoms with Gasteiger partial charge in [-0.15, -0.1) is 5.10 Å². The molecular formula is C13H20N2O2S. The van der Waals surface area contributed by atoms with Crippen molar-refractivity contribution in [1.29, 1.82) is 0 Å². The van der Waals surface area contributed by atoms with Crippen LogP contribution in [0.25, 0.3) is 0 Å². The van der Waals surface area contributed by atoms with Crippen molar-refractivity contribution in [1.82, 2.24) is 10.2 Å². The predicted octanol–water partition coefficient (Wildman–Crippen LogP) is 2.62. The van der Waals surface area contributed by atoms with E-state index in [1.165, 1.54) is 24.2 Å². The lowest BCUT2D eigenvalue weighted by Gasteiger charge is -2.38. The van der Waals surface area contributed by atoms with Crippen LogP contribution in [0, 0.1) is 16.7 Å². The van der Waals surface area contributed by atoms with Gasteiger partial charge in [-0.05, 0) is 30.6 Å². The summed E-state index contributed by atoms with van der Waals surface area (Å²) in [6.07, 6.45) is 3.92. The first-order chi connectivity index (χ1) is 8.47. The lowest BCUT2D eigenvalue weighted by Crippen LogP contribution is -2.38. The molecule has 4 nitrogen and oxygen atoms in total. The summed E-state index contributed by atoms with van der Waals surface area (Å²) in [5.74, 6) is 0.762. The minimum Gasteiger partial charge on any atom is -0.465 e. The van der Waals surface area contributed by atoms with Crippen LogP contribution >= 0.6 is 11.3 Å². The monoisotopic (exact) mass is 268 g/mol. The molecule has 3 atom stereocenters. The fourth-order valence-electron chi connectivity index (χ4n) is 3.78.